The number of amides is 1. The molecule has 24 heavy (non-hydrogen) atoms. The maximum atomic E-state index is 12.7. The Balaban J connectivity index is 1.79. The molecule has 1 amide bonds. The van der Waals surface area contributed by atoms with E-state index in [4.69, 9.17) is 0 Å². The van der Waals surface area contributed by atoms with Crippen LogP contribution in [-0.2, 0) is 4.79 Å². The predicted octanol–water partition coefficient (Wildman–Crippen LogP) is 4.07. The highest BCUT2D eigenvalue weighted by Crippen LogP contribution is 2.28. The number of rotatable bonds is 4. The lowest BCUT2D eigenvalue weighted by atomic mass is 9.88. The van der Waals surface area contributed by atoms with Crippen LogP contribution in [0.1, 0.15) is 52.0 Å². The maximum Gasteiger partial charge on any atom is 0.230 e. The maximum absolute atomic E-state index is 12.7. The third-order valence-corrected chi connectivity index (χ3v) is 4.84. The number of pyridine rings is 1. The van der Waals surface area contributed by atoms with Crippen LogP contribution in [0.3, 0.4) is 0 Å². The number of hydrogen-bond donors (Lipinski definition) is 0. The average Bonchev–Trinajstić information content (AvgIpc) is 3.12. The summed E-state index contributed by atoms with van der Waals surface area (Å²) in [6.45, 7) is 4.21. The van der Waals surface area contributed by atoms with Gasteiger partial charge in [-0.1, -0.05) is 19.3 Å². The molecule has 3 rings (SSSR count). The molecular weight excluding hydrogens is 300 g/mol. The monoisotopic (exact) mass is 326 g/mol. The van der Waals surface area contributed by atoms with E-state index in [1.807, 2.05) is 36.3 Å². The van der Waals surface area contributed by atoms with Crippen molar-refractivity contribution in [3.05, 3.63) is 30.7 Å². The zero-order chi connectivity index (χ0) is 17.1. The largest absolute Gasteiger partial charge is 0.300 e. The van der Waals surface area contributed by atoms with E-state index in [0.717, 1.165) is 36.8 Å². The summed E-state index contributed by atoms with van der Waals surface area (Å²) in [4.78, 5) is 18.8. The lowest BCUT2D eigenvalue weighted by molar-refractivity contribution is -0.123. The Bertz CT molecular complexity index is 701. The van der Waals surface area contributed by atoms with Crippen molar-refractivity contribution in [2.24, 2.45) is 5.92 Å². The number of hydrogen-bond acceptors (Lipinski definition) is 3. The van der Waals surface area contributed by atoms with Crippen molar-refractivity contribution in [3.8, 4) is 11.1 Å². The SMILES string of the molecule is CC(C)n1cc(-c2ccnc(N(C)C(=O)C3CCCCC3)c2)cn1. The number of carbonyl (C=O) groups excluding carboxylic acids is 1. The van der Waals surface area contributed by atoms with Crippen LogP contribution in [-0.4, -0.2) is 27.7 Å². The minimum atomic E-state index is 0.151. The fourth-order valence-electron chi connectivity index (χ4n) is 3.29. The van der Waals surface area contributed by atoms with Crippen molar-refractivity contribution in [1.29, 1.82) is 0 Å². The van der Waals surface area contributed by atoms with Crippen LogP contribution in [0, 0.1) is 5.92 Å². The molecule has 2 aromatic heterocycles. The second kappa shape index (κ2) is 7.16. The van der Waals surface area contributed by atoms with E-state index in [9.17, 15) is 4.79 Å². The summed E-state index contributed by atoms with van der Waals surface area (Å²) in [5.74, 6) is 1.05. The van der Waals surface area contributed by atoms with E-state index in [0.29, 0.717) is 11.9 Å². The van der Waals surface area contributed by atoms with Crippen LogP contribution >= 0.6 is 0 Å². The zero-order valence-electron chi connectivity index (χ0n) is 14.8. The smallest absolute Gasteiger partial charge is 0.230 e. The molecule has 0 spiro atoms. The highest BCUT2D eigenvalue weighted by molar-refractivity contribution is 5.94. The second-order valence-corrected chi connectivity index (χ2v) is 6.94. The van der Waals surface area contributed by atoms with Gasteiger partial charge in [0.25, 0.3) is 0 Å². The van der Waals surface area contributed by atoms with Gasteiger partial charge in [-0.2, -0.15) is 5.10 Å². The third kappa shape index (κ3) is 3.50. The average molecular weight is 326 g/mol. The van der Waals surface area contributed by atoms with Gasteiger partial charge in [-0.15, -0.1) is 0 Å². The summed E-state index contributed by atoms with van der Waals surface area (Å²) in [5, 5.41) is 4.39. The number of anilines is 1. The van der Waals surface area contributed by atoms with Gasteiger partial charge in [-0.05, 0) is 44.4 Å². The molecule has 5 heteroatoms. The fourth-order valence-corrected chi connectivity index (χ4v) is 3.29. The summed E-state index contributed by atoms with van der Waals surface area (Å²) < 4.78 is 1.94. The van der Waals surface area contributed by atoms with Crippen molar-refractivity contribution >= 4 is 11.7 Å². The van der Waals surface area contributed by atoms with Crippen LogP contribution in [0.5, 0.6) is 0 Å². The van der Waals surface area contributed by atoms with Crippen LogP contribution in [0.2, 0.25) is 0 Å². The molecule has 0 saturated heterocycles. The molecular formula is C19H26N4O. The quantitative estimate of drug-likeness (QED) is 0.851. The van der Waals surface area contributed by atoms with Crippen LogP contribution in [0.25, 0.3) is 11.1 Å². The van der Waals surface area contributed by atoms with Gasteiger partial charge < -0.3 is 0 Å². The van der Waals surface area contributed by atoms with Gasteiger partial charge in [-0.25, -0.2) is 4.98 Å². The third-order valence-electron chi connectivity index (χ3n) is 4.84. The molecule has 0 unspecified atom stereocenters. The molecule has 0 radical (unpaired) electrons. The van der Waals surface area contributed by atoms with Crippen LogP contribution in [0.15, 0.2) is 30.7 Å². The van der Waals surface area contributed by atoms with Crippen molar-refractivity contribution in [1.82, 2.24) is 14.8 Å². The molecule has 1 aliphatic rings. The Labute approximate surface area is 143 Å². The molecule has 5 nitrogen and oxygen atoms in total. The Morgan fingerprint density at radius 2 is 2.00 bits per heavy atom. The van der Waals surface area contributed by atoms with E-state index in [1.165, 1.54) is 6.42 Å². The van der Waals surface area contributed by atoms with Gasteiger partial charge in [0.15, 0.2) is 0 Å². The first-order valence-electron chi connectivity index (χ1n) is 8.84. The lowest BCUT2D eigenvalue weighted by Crippen LogP contribution is -2.34. The van der Waals surface area contributed by atoms with Crippen molar-refractivity contribution in [2.75, 3.05) is 11.9 Å². The topological polar surface area (TPSA) is 51.0 Å². The Hall–Kier alpha value is -2.17. The number of aromatic nitrogens is 3. The predicted molar refractivity (Wildman–Crippen MR) is 95.8 cm³/mol. The van der Waals surface area contributed by atoms with Gasteiger partial charge in [0.2, 0.25) is 5.91 Å². The molecule has 1 saturated carbocycles. The van der Waals surface area contributed by atoms with Crippen molar-refractivity contribution in [2.45, 2.75) is 52.0 Å². The summed E-state index contributed by atoms with van der Waals surface area (Å²) in [6.07, 6.45) is 11.2. The molecule has 0 aliphatic heterocycles. The first kappa shape index (κ1) is 16.7. The molecule has 1 aliphatic carbocycles. The zero-order valence-corrected chi connectivity index (χ0v) is 14.8. The van der Waals surface area contributed by atoms with E-state index in [-0.39, 0.29) is 11.8 Å². The molecule has 2 aromatic rings. The molecule has 0 N–H and O–H groups in total. The van der Waals surface area contributed by atoms with Crippen molar-refractivity contribution in [3.63, 3.8) is 0 Å². The normalized spacial score (nSPS) is 15.7. The molecule has 2 heterocycles. The van der Waals surface area contributed by atoms with Gasteiger partial charge >= 0.3 is 0 Å². The number of carbonyl (C=O) groups is 1. The van der Waals surface area contributed by atoms with Crippen LogP contribution in [0.4, 0.5) is 5.82 Å². The van der Waals surface area contributed by atoms with Gasteiger partial charge in [-0.3, -0.25) is 14.4 Å². The van der Waals surface area contributed by atoms with Gasteiger partial charge in [0.05, 0.1) is 6.20 Å². The first-order chi connectivity index (χ1) is 11.6. The fraction of sp³-hybridized carbons (Fsp3) is 0.526. The van der Waals surface area contributed by atoms with E-state index in [2.05, 4.69) is 23.9 Å². The first-order valence-corrected chi connectivity index (χ1v) is 8.84. The van der Waals surface area contributed by atoms with Crippen LogP contribution < -0.4 is 4.90 Å². The molecule has 0 atom stereocenters. The minimum Gasteiger partial charge on any atom is -0.300 e. The highest BCUT2D eigenvalue weighted by atomic mass is 16.2. The lowest BCUT2D eigenvalue weighted by Gasteiger charge is -2.26. The number of nitrogens with zero attached hydrogens (tertiary/aromatic N) is 4. The Morgan fingerprint density at radius 3 is 2.67 bits per heavy atom. The standard InChI is InChI=1S/C19H26N4O/c1-14(2)23-13-17(12-21-23)16-9-10-20-18(11-16)22(3)19(24)15-7-5-4-6-8-15/h9-15H,4-8H2,1-3H3. The molecule has 128 valence electrons. The summed E-state index contributed by atoms with van der Waals surface area (Å²) in [6, 6.07) is 4.27. The highest BCUT2D eigenvalue weighted by Gasteiger charge is 2.25. The summed E-state index contributed by atoms with van der Waals surface area (Å²) in [5.41, 5.74) is 2.08. The Kier molecular flexibility index (Phi) is 4.97. The van der Waals surface area contributed by atoms with Crippen molar-refractivity contribution < 1.29 is 4.79 Å². The van der Waals surface area contributed by atoms with Gasteiger partial charge in [0.1, 0.15) is 5.82 Å². The molecule has 0 bridgehead atoms. The Morgan fingerprint density at radius 1 is 1.25 bits per heavy atom. The summed E-state index contributed by atoms with van der Waals surface area (Å²) in [7, 11) is 1.83. The summed E-state index contributed by atoms with van der Waals surface area (Å²) >= 11 is 0. The van der Waals surface area contributed by atoms with E-state index >= 15 is 0 Å². The van der Waals surface area contributed by atoms with E-state index in [1.54, 1.807) is 11.1 Å². The molecule has 0 aromatic carbocycles. The minimum absolute atomic E-state index is 0.151. The van der Waals surface area contributed by atoms with Gasteiger partial charge in [0, 0.05) is 37.0 Å². The second-order valence-electron chi connectivity index (χ2n) is 6.94. The van der Waals surface area contributed by atoms with E-state index < -0.39 is 0 Å². The molecule has 1 fully saturated rings.